The number of nitrogens with one attached hydrogen (secondary N) is 3. The molecule has 3 atom stereocenters. The number of carbonyl (C=O) groups excluding carboxylic acids is 1. The van der Waals surface area contributed by atoms with E-state index in [0.717, 1.165) is 60.3 Å². The quantitative estimate of drug-likeness (QED) is 0.0613. The summed E-state index contributed by atoms with van der Waals surface area (Å²) in [6.45, 7) is 3.94. The van der Waals surface area contributed by atoms with Gasteiger partial charge in [-0.2, -0.15) is 0 Å². The fourth-order valence-electron chi connectivity index (χ4n) is 8.87. The summed E-state index contributed by atoms with van der Waals surface area (Å²) in [5.41, 5.74) is 5.36. The summed E-state index contributed by atoms with van der Waals surface area (Å²) in [6.07, 6.45) is 0.186. The zero-order chi connectivity index (χ0) is 43.2. The molecule has 3 aliphatic heterocycles. The maximum atomic E-state index is 13.2. The Balaban J connectivity index is 0.854. The summed E-state index contributed by atoms with van der Waals surface area (Å²) < 4.78 is 11.9. The molecule has 1 aromatic heterocycles. The number of piperidine rings is 3. The first-order valence-corrected chi connectivity index (χ1v) is 20.9. The van der Waals surface area contributed by atoms with Crippen molar-refractivity contribution in [2.75, 3.05) is 33.3 Å². The number of pyridine rings is 1. The van der Waals surface area contributed by atoms with Crippen molar-refractivity contribution in [3.05, 3.63) is 171 Å². The zero-order valence-electron chi connectivity index (χ0n) is 34.5. The third-order valence-corrected chi connectivity index (χ3v) is 12.1. The van der Waals surface area contributed by atoms with Gasteiger partial charge in [-0.25, -0.2) is 4.79 Å². The average molecular weight is 838 g/mol. The van der Waals surface area contributed by atoms with Crippen molar-refractivity contribution < 1.29 is 34.4 Å². The Labute approximate surface area is 359 Å². The highest BCUT2D eigenvalue weighted by atomic mass is 16.5. The molecular formula is C49H51N5O8. The molecule has 0 unspecified atom stereocenters. The molecule has 3 aliphatic rings. The highest BCUT2D eigenvalue weighted by Crippen LogP contribution is 2.39. The summed E-state index contributed by atoms with van der Waals surface area (Å²) in [4.78, 5) is 44.6. The number of aliphatic hydroxyl groups excluding tert-OH is 1. The van der Waals surface area contributed by atoms with Crippen LogP contribution in [0.3, 0.4) is 0 Å². The molecule has 13 nitrogen and oxygen atoms in total. The summed E-state index contributed by atoms with van der Waals surface area (Å²) in [7, 11) is 1.58. The first-order chi connectivity index (χ1) is 30.1. The third kappa shape index (κ3) is 9.45. The van der Waals surface area contributed by atoms with E-state index in [1.807, 2.05) is 84.9 Å². The van der Waals surface area contributed by atoms with Gasteiger partial charge in [0.1, 0.15) is 23.9 Å². The van der Waals surface area contributed by atoms with Gasteiger partial charge in [-0.3, -0.25) is 14.5 Å². The second-order valence-electron chi connectivity index (χ2n) is 16.0. The van der Waals surface area contributed by atoms with Crippen LogP contribution in [0.1, 0.15) is 68.7 Å². The highest BCUT2D eigenvalue weighted by molar-refractivity contribution is 5.94. The molecule has 0 aliphatic carbocycles. The van der Waals surface area contributed by atoms with E-state index >= 15 is 0 Å². The Bertz CT molecular complexity index is 2570. The Morgan fingerprint density at radius 3 is 2.35 bits per heavy atom. The predicted molar refractivity (Wildman–Crippen MR) is 235 cm³/mol. The standard InChI is InChI=1S/C49H51N5O8/c1-61-44-24-32(12-15-37(44)27-50-28-43(56)39-16-18-42(55)46-40(39)17-19-45(57)52-46)26-51-48(58)35-13-10-31(11-14-35)30-62-38-9-5-8-36(25-38)47(34-6-3-2-4-7-34)54(49(59)60)41-29-53-22-20-33(41)21-23-53/h2-19,24-25,33,41,43,47,50,55-56H,20-23,26-30H2,1H3,(H,51,58)(H,52,57)(H,59,60)/t41-,43-,47-/m0/s1. The van der Waals surface area contributed by atoms with Gasteiger partial charge in [-0.15, -0.1) is 0 Å². The number of aliphatic hydroxyl groups is 1. The van der Waals surface area contributed by atoms with Gasteiger partial charge >= 0.3 is 6.09 Å². The van der Waals surface area contributed by atoms with Crippen molar-refractivity contribution >= 4 is 22.9 Å². The monoisotopic (exact) mass is 837 g/mol. The molecule has 3 fully saturated rings. The van der Waals surface area contributed by atoms with Gasteiger partial charge in [0.05, 0.1) is 30.8 Å². The number of rotatable bonds is 16. The van der Waals surface area contributed by atoms with Gasteiger partial charge in [0.2, 0.25) is 5.56 Å². The van der Waals surface area contributed by atoms with Crippen LogP contribution in [0.2, 0.25) is 0 Å². The lowest BCUT2D eigenvalue weighted by molar-refractivity contribution is -0.000814. The van der Waals surface area contributed by atoms with Gasteiger partial charge in [0.25, 0.3) is 5.91 Å². The number of carboxylic acid groups (broad SMARTS) is 1. The Kier molecular flexibility index (Phi) is 12.8. The van der Waals surface area contributed by atoms with E-state index in [1.165, 1.54) is 12.1 Å². The van der Waals surface area contributed by atoms with E-state index in [4.69, 9.17) is 9.47 Å². The Morgan fingerprint density at radius 2 is 1.63 bits per heavy atom. The van der Waals surface area contributed by atoms with Gasteiger partial charge in [-0.1, -0.05) is 72.8 Å². The molecular weight excluding hydrogens is 787 g/mol. The highest BCUT2D eigenvalue weighted by Gasteiger charge is 2.43. The number of carbonyl (C=O) groups is 2. The minimum Gasteiger partial charge on any atom is -0.506 e. The molecule has 320 valence electrons. The SMILES string of the molecule is COc1cc(CNC(=O)c2ccc(COc3cccc([C@H](c4ccccc4)N(C(=O)O)[C@H]4CN5CCC4CC5)c3)cc2)ccc1CNC[C@H](O)c1ccc(O)c2[nH]c(=O)ccc12. The lowest BCUT2D eigenvalue weighted by atomic mass is 9.81. The van der Waals surface area contributed by atoms with Crippen molar-refractivity contribution in [2.24, 2.45) is 5.92 Å². The zero-order valence-corrected chi connectivity index (χ0v) is 34.5. The van der Waals surface area contributed by atoms with E-state index in [1.54, 1.807) is 36.3 Å². The molecule has 2 amide bonds. The minimum atomic E-state index is -0.923. The molecule has 9 rings (SSSR count). The lowest BCUT2D eigenvalue weighted by Gasteiger charge is -2.50. The van der Waals surface area contributed by atoms with E-state index in [9.17, 15) is 29.7 Å². The number of ether oxygens (including phenoxy) is 2. The number of aromatic hydroxyl groups is 1. The maximum absolute atomic E-state index is 13.2. The molecule has 5 aromatic carbocycles. The third-order valence-electron chi connectivity index (χ3n) is 12.1. The molecule has 6 N–H and O–H groups in total. The molecule has 2 bridgehead atoms. The summed E-state index contributed by atoms with van der Waals surface area (Å²) in [5, 5.41) is 38.6. The number of phenols is 1. The number of methoxy groups -OCH3 is 1. The normalized spacial score (nSPS) is 17.9. The maximum Gasteiger partial charge on any atom is 0.408 e. The number of phenolic OH excluding ortho intramolecular Hbond substituents is 1. The second-order valence-corrected chi connectivity index (χ2v) is 16.0. The topological polar surface area (TPSA) is 177 Å². The molecule has 4 heterocycles. The van der Waals surface area contributed by atoms with Crippen LogP contribution in [0.25, 0.3) is 10.9 Å². The minimum absolute atomic E-state index is 0.0678. The summed E-state index contributed by atoms with van der Waals surface area (Å²) in [6, 6.07) is 35.9. The number of nitrogens with zero attached hydrogens (tertiary/aromatic N) is 2. The average Bonchev–Trinajstić information content (AvgIpc) is 3.30. The van der Waals surface area contributed by atoms with Gasteiger partial charge in [-0.05, 0) is 102 Å². The van der Waals surface area contributed by atoms with Crippen molar-refractivity contribution in [1.82, 2.24) is 25.4 Å². The van der Waals surface area contributed by atoms with E-state index in [2.05, 4.69) is 20.5 Å². The Hall–Kier alpha value is -6.67. The number of aromatic amines is 1. The molecule has 62 heavy (non-hydrogen) atoms. The molecule has 0 radical (unpaired) electrons. The number of hydrogen-bond donors (Lipinski definition) is 6. The molecule has 0 saturated carbocycles. The number of amides is 2. The van der Waals surface area contributed by atoms with Crippen LogP contribution >= 0.6 is 0 Å². The van der Waals surface area contributed by atoms with Crippen molar-refractivity contribution in [3.8, 4) is 17.2 Å². The summed E-state index contributed by atoms with van der Waals surface area (Å²) in [5.74, 6) is 1.30. The molecule has 3 saturated heterocycles. The first-order valence-electron chi connectivity index (χ1n) is 20.9. The number of aromatic nitrogens is 1. The smallest absolute Gasteiger partial charge is 0.408 e. The number of fused-ring (bicyclic) bond motifs is 4. The van der Waals surface area contributed by atoms with Crippen LogP contribution in [0.15, 0.2) is 126 Å². The Morgan fingerprint density at radius 1 is 0.871 bits per heavy atom. The van der Waals surface area contributed by atoms with Crippen molar-refractivity contribution in [2.45, 2.75) is 50.7 Å². The van der Waals surface area contributed by atoms with Crippen molar-refractivity contribution in [3.63, 3.8) is 0 Å². The predicted octanol–water partition coefficient (Wildman–Crippen LogP) is 6.74. The van der Waals surface area contributed by atoms with Crippen LogP contribution in [-0.2, 0) is 19.7 Å². The summed E-state index contributed by atoms with van der Waals surface area (Å²) >= 11 is 0. The molecule has 13 heteroatoms. The fourth-order valence-corrected chi connectivity index (χ4v) is 8.87. The van der Waals surface area contributed by atoms with Crippen LogP contribution in [0.5, 0.6) is 17.2 Å². The largest absolute Gasteiger partial charge is 0.506 e. The van der Waals surface area contributed by atoms with Crippen LogP contribution in [0.4, 0.5) is 4.79 Å². The first kappa shape index (κ1) is 42.0. The number of H-pyrrole nitrogens is 1. The molecule has 6 aromatic rings. The van der Waals surface area contributed by atoms with Gasteiger partial charge in [0.15, 0.2) is 0 Å². The van der Waals surface area contributed by atoms with E-state index in [0.29, 0.717) is 40.5 Å². The second kappa shape index (κ2) is 18.9. The lowest BCUT2D eigenvalue weighted by Crippen LogP contribution is -2.59. The van der Waals surface area contributed by atoms with Crippen LogP contribution < -0.4 is 25.7 Å². The number of benzene rings is 5. The van der Waals surface area contributed by atoms with E-state index in [-0.39, 0.29) is 48.5 Å². The van der Waals surface area contributed by atoms with Crippen molar-refractivity contribution in [1.29, 1.82) is 0 Å². The fraction of sp³-hybridized carbons (Fsp3) is 0.286. The van der Waals surface area contributed by atoms with Crippen LogP contribution in [-0.4, -0.2) is 81.4 Å². The van der Waals surface area contributed by atoms with Gasteiger partial charge < -0.3 is 45.3 Å². The van der Waals surface area contributed by atoms with Crippen LogP contribution in [0, 0.1) is 5.92 Å². The number of hydrogen-bond acceptors (Lipinski definition) is 9. The van der Waals surface area contributed by atoms with E-state index < -0.39 is 18.2 Å². The molecule has 0 spiro atoms. The van der Waals surface area contributed by atoms with Gasteiger partial charge in [0, 0.05) is 48.8 Å².